The normalized spacial score (nSPS) is 11.2. The highest BCUT2D eigenvalue weighted by atomic mass is 35.5. The van der Waals surface area contributed by atoms with E-state index in [0.717, 1.165) is 22.5 Å². The number of nitrogens with zero attached hydrogens (tertiary/aromatic N) is 3. The molecule has 5 heteroatoms. The van der Waals surface area contributed by atoms with Gasteiger partial charge >= 0.3 is 0 Å². The molecule has 0 atom stereocenters. The first-order chi connectivity index (χ1) is 8.25. The van der Waals surface area contributed by atoms with Crippen LogP contribution in [0.15, 0.2) is 35.2 Å². The van der Waals surface area contributed by atoms with Gasteiger partial charge in [-0.25, -0.2) is 9.97 Å². The van der Waals surface area contributed by atoms with E-state index in [2.05, 4.69) is 14.5 Å². The number of furan rings is 1. The highest BCUT2D eigenvalue weighted by Crippen LogP contribution is 2.23. The molecule has 0 aliphatic heterocycles. The van der Waals surface area contributed by atoms with Gasteiger partial charge in [0.15, 0.2) is 0 Å². The van der Waals surface area contributed by atoms with Crippen molar-refractivity contribution in [1.29, 1.82) is 0 Å². The van der Waals surface area contributed by atoms with Gasteiger partial charge in [-0.3, -0.25) is 0 Å². The fraction of sp³-hybridized carbons (Fsp3) is 0.167. The van der Waals surface area contributed by atoms with E-state index in [-0.39, 0.29) is 0 Å². The first-order valence-corrected chi connectivity index (χ1v) is 5.62. The topological polar surface area (TPSA) is 43.9 Å². The zero-order valence-corrected chi connectivity index (χ0v) is 9.98. The van der Waals surface area contributed by atoms with Gasteiger partial charge in [0.25, 0.3) is 0 Å². The molecule has 0 aliphatic rings. The van der Waals surface area contributed by atoms with Crippen LogP contribution < -0.4 is 0 Å². The third-order valence-corrected chi connectivity index (χ3v) is 3.04. The standard InChI is InChI=1S/C12H10ClN3O/c1-8-5-10-11(13)14-7-15-12(10)16(8)6-9-3-2-4-17-9/h2-5,7H,6H2,1H3. The van der Waals surface area contributed by atoms with Crippen molar-refractivity contribution in [3.63, 3.8) is 0 Å². The van der Waals surface area contributed by atoms with E-state index >= 15 is 0 Å². The molecule has 3 heterocycles. The molecule has 86 valence electrons. The number of aryl methyl sites for hydroxylation is 1. The third-order valence-electron chi connectivity index (χ3n) is 2.74. The van der Waals surface area contributed by atoms with Crippen molar-refractivity contribution in [2.24, 2.45) is 0 Å². The summed E-state index contributed by atoms with van der Waals surface area (Å²) >= 11 is 6.04. The molecule has 0 saturated carbocycles. The molecule has 0 N–H and O–H groups in total. The summed E-state index contributed by atoms with van der Waals surface area (Å²) in [5.41, 5.74) is 1.91. The molecule has 0 unspecified atom stereocenters. The van der Waals surface area contributed by atoms with Crippen LogP contribution in [0.4, 0.5) is 0 Å². The molecule has 3 aromatic rings. The molecule has 0 amide bonds. The number of hydrogen-bond donors (Lipinski definition) is 0. The molecular formula is C12H10ClN3O. The molecule has 0 radical (unpaired) electrons. The summed E-state index contributed by atoms with van der Waals surface area (Å²) in [6.07, 6.45) is 3.14. The molecule has 0 aromatic carbocycles. The highest BCUT2D eigenvalue weighted by molar-refractivity contribution is 6.33. The lowest BCUT2D eigenvalue weighted by atomic mass is 10.4. The van der Waals surface area contributed by atoms with Gasteiger partial charge in [0.1, 0.15) is 22.9 Å². The number of fused-ring (bicyclic) bond motifs is 1. The van der Waals surface area contributed by atoms with Crippen molar-refractivity contribution in [1.82, 2.24) is 14.5 Å². The van der Waals surface area contributed by atoms with E-state index in [0.29, 0.717) is 11.7 Å². The quantitative estimate of drug-likeness (QED) is 0.654. The van der Waals surface area contributed by atoms with Gasteiger partial charge in [-0.2, -0.15) is 0 Å². The first kappa shape index (κ1) is 10.4. The van der Waals surface area contributed by atoms with Crippen LogP contribution >= 0.6 is 11.6 Å². The highest BCUT2D eigenvalue weighted by Gasteiger charge is 2.11. The third kappa shape index (κ3) is 1.70. The van der Waals surface area contributed by atoms with E-state index in [9.17, 15) is 0 Å². The summed E-state index contributed by atoms with van der Waals surface area (Å²) in [6.45, 7) is 2.66. The van der Waals surface area contributed by atoms with Gasteiger partial charge < -0.3 is 8.98 Å². The molecular weight excluding hydrogens is 238 g/mol. The Morgan fingerprint density at radius 3 is 3.06 bits per heavy atom. The fourth-order valence-corrected chi connectivity index (χ4v) is 2.10. The first-order valence-electron chi connectivity index (χ1n) is 5.24. The number of aromatic nitrogens is 3. The van der Waals surface area contributed by atoms with E-state index in [1.807, 2.05) is 25.1 Å². The lowest BCUT2D eigenvalue weighted by molar-refractivity contribution is 0.494. The Balaban J connectivity index is 2.16. The van der Waals surface area contributed by atoms with Crippen LogP contribution in [0.2, 0.25) is 5.15 Å². The van der Waals surface area contributed by atoms with Crippen LogP contribution in [0.25, 0.3) is 11.0 Å². The van der Waals surface area contributed by atoms with E-state index < -0.39 is 0 Å². The smallest absolute Gasteiger partial charge is 0.145 e. The van der Waals surface area contributed by atoms with Gasteiger partial charge in [0, 0.05) is 5.69 Å². The Morgan fingerprint density at radius 1 is 1.41 bits per heavy atom. The van der Waals surface area contributed by atoms with E-state index in [1.165, 1.54) is 6.33 Å². The summed E-state index contributed by atoms with van der Waals surface area (Å²) in [5, 5.41) is 1.36. The van der Waals surface area contributed by atoms with Gasteiger partial charge in [-0.15, -0.1) is 0 Å². The molecule has 0 spiro atoms. The summed E-state index contributed by atoms with van der Waals surface area (Å²) in [7, 11) is 0. The summed E-state index contributed by atoms with van der Waals surface area (Å²) < 4.78 is 7.40. The van der Waals surface area contributed by atoms with Crippen LogP contribution in [0.5, 0.6) is 0 Å². The number of rotatable bonds is 2. The van der Waals surface area contributed by atoms with Crippen LogP contribution in [0.3, 0.4) is 0 Å². The van der Waals surface area contributed by atoms with Crippen LogP contribution in [0, 0.1) is 6.92 Å². The fourth-order valence-electron chi connectivity index (χ4n) is 1.92. The lowest BCUT2D eigenvalue weighted by Crippen LogP contribution is -2.01. The van der Waals surface area contributed by atoms with Crippen LogP contribution in [0.1, 0.15) is 11.5 Å². The zero-order chi connectivity index (χ0) is 11.8. The predicted molar refractivity (Wildman–Crippen MR) is 65.1 cm³/mol. The molecule has 0 bridgehead atoms. The second-order valence-corrected chi connectivity index (χ2v) is 4.21. The SMILES string of the molecule is Cc1cc2c(Cl)ncnc2n1Cc1ccco1. The van der Waals surface area contributed by atoms with Crippen molar-refractivity contribution in [3.05, 3.63) is 47.4 Å². The lowest BCUT2D eigenvalue weighted by Gasteiger charge is -2.04. The molecule has 0 saturated heterocycles. The van der Waals surface area contributed by atoms with Crippen LogP contribution in [-0.2, 0) is 6.54 Å². The van der Waals surface area contributed by atoms with Crippen LogP contribution in [-0.4, -0.2) is 14.5 Å². The van der Waals surface area contributed by atoms with Crippen molar-refractivity contribution in [2.75, 3.05) is 0 Å². The summed E-state index contributed by atoms with van der Waals surface area (Å²) in [4.78, 5) is 8.25. The minimum Gasteiger partial charge on any atom is -0.467 e. The Labute approximate surface area is 103 Å². The Hall–Kier alpha value is -1.81. The van der Waals surface area contributed by atoms with Crippen molar-refractivity contribution < 1.29 is 4.42 Å². The molecule has 17 heavy (non-hydrogen) atoms. The van der Waals surface area contributed by atoms with E-state index in [1.54, 1.807) is 6.26 Å². The maximum Gasteiger partial charge on any atom is 0.145 e. The average molecular weight is 248 g/mol. The zero-order valence-electron chi connectivity index (χ0n) is 9.22. The molecule has 3 rings (SSSR count). The average Bonchev–Trinajstić information content (AvgIpc) is 2.91. The Morgan fingerprint density at radius 2 is 2.29 bits per heavy atom. The predicted octanol–water partition coefficient (Wildman–Crippen LogP) is 3.03. The van der Waals surface area contributed by atoms with Crippen molar-refractivity contribution >= 4 is 22.6 Å². The van der Waals surface area contributed by atoms with Crippen molar-refractivity contribution in [3.8, 4) is 0 Å². The number of halogens is 1. The maximum atomic E-state index is 6.04. The monoisotopic (exact) mass is 247 g/mol. The summed E-state index contributed by atoms with van der Waals surface area (Å²) in [5.74, 6) is 0.889. The minimum atomic E-state index is 0.483. The van der Waals surface area contributed by atoms with Gasteiger partial charge in [0.05, 0.1) is 18.2 Å². The van der Waals surface area contributed by atoms with Gasteiger partial charge in [0.2, 0.25) is 0 Å². The molecule has 4 nitrogen and oxygen atoms in total. The maximum absolute atomic E-state index is 6.04. The largest absolute Gasteiger partial charge is 0.467 e. The van der Waals surface area contributed by atoms with Crippen molar-refractivity contribution in [2.45, 2.75) is 13.5 Å². The summed E-state index contributed by atoms with van der Waals surface area (Å²) in [6, 6.07) is 5.80. The second-order valence-electron chi connectivity index (χ2n) is 3.85. The Kier molecular flexibility index (Phi) is 2.37. The molecule has 3 aromatic heterocycles. The Bertz CT molecular complexity index is 658. The second kappa shape index (κ2) is 3.89. The minimum absolute atomic E-state index is 0.483. The molecule has 0 fully saturated rings. The number of hydrogen-bond acceptors (Lipinski definition) is 3. The van der Waals surface area contributed by atoms with Gasteiger partial charge in [-0.1, -0.05) is 11.6 Å². The molecule has 0 aliphatic carbocycles. The van der Waals surface area contributed by atoms with Gasteiger partial charge in [-0.05, 0) is 25.1 Å². The van der Waals surface area contributed by atoms with E-state index in [4.69, 9.17) is 16.0 Å².